The van der Waals surface area contributed by atoms with Gasteiger partial charge in [-0.25, -0.2) is 4.31 Å². The molecule has 1 aliphatic rings. The van der Waals surface area contributed by atoms with E-state index in [-0.39, 0.29) is 0 Å². The fraction of sp³-hybridized carbons (Fsp3) is 0.556. The average molecular weight is 215 g/mol. The Morgan fingerprint density at radius 1 is 1.38 bits per heavy atom. The minimum atomic E-state index is 1.00. The standard InChI is InChI=1S/C9H13NOS2/c1-11-8-4-5-9(12-8)13-10-6-2-3-7-10/h4-5H,2-3,6-7H2,1H3. The van der Waals surface area contributed by atoms with Gasteiger partial charge in [0.1, 0.15) is 0 Å². The summed E-state index contributed by atoms with van der Waals surface area (Å²) >= 11 is 3.58. The molecule has 13 heavy (non-hydrogen) atoms. The molecule has 0 N–H and O–H groups in total. The maximum Gasteiger partial charge on any atom is 0.174 e. The highest BCUT2D eigenvalue weighted by Gasteiger charge is 2.13. The zero-order valence-corrected chi connectivity index (χ0v) is 9.29. The molecular weight excluding hydrogens is 202 g/mol. The van der Waals surface area contributed by atoms with Gasteiger partial charge in [0.25, 0.3) is 0 Å². The Kier molecular flexibility index (Phi) is 3.14. The Morgan fingerprint density at radius 3 is 2.77 bits per heavy atom. The van der Waals surface area contributed by atoms with Crippen molar-refractivity contribution in [1.29, 1.82) is 0 Å². The first-order valence-electron chi connectivity index (χ1n) is 4.45. The third kappa shape index (κ3) is 2.39. The summed E-state index contributed by atoms with van der Waals surface area (Å²) in [4.78, 5) is 0. The lowest BCUT2D eigenvalue weighted by Gasteiger charge is -2.10. The number of rotatable bonds is 3. The summed E-state index contributed by atoms with van der Waals surface area (Å²) in [6, 6.07) is 4.16. The highest BCUT2D eigenvalue weighted by molar-refractivity contribution is 7.99. The van der Waals surface area contributed by atoms with Crippen LogP contribution in [0.15, 0.2) is 16.3 Å². The van der Waals surface area contributed by atoms with E-state index in [1.165, 1.54) is 30.1 Å². The van der Waals surface area contributed by atoms with E-state index in [2.05, 4.69) is 10.4 Å². The summed E-state index contributed by atoms with van der Waals surface area (Å²) in [7, 11) is 1.72. The minimum absolute atomic E-state index is 1.00. The van der Waals surface area contributed by atoms with E-state index in [9.17, 15) is 0 Å². The molecule has 2 rings (SSSR count). The van der Waals surface area contributed by atoms with E-state index in [0.717, 1.165) is 5.06 Å². The highest BCUT2D eigenvalue weighted by Crippen LogP contribution is 2.35. The number of methoxy groups -OCH3 is 1. The second-order valence-electron chi connectivity index (χ2n) is 3.01. The van der Waals surface area contributed by atoms with E-state index in [1.807, 2.05) is 18.0 Å². The van der Waals surface area contributed by atoms with Gasteiger partial charge in [-0.1, -0.05) is 11.3 Å². The molecule has 0 atom stereocenters. The number of nitrogens with zero attached hydrogens (tertiary/aromatic N) is 1. The predicted molar refractivity (Wildman–Crippen MR) is 57.5 cm³/mol. The fourth-order valence-corrected chi connectivity index (χ4v) is 3.46. The lowest BCUT2D eigenvalue weighted by molar-refractivity contribution is 0.427. The molecule has 2 heterocycles. The van der Waals surface area contributed by atoms with Crippen LogP contribution in [-0.2, 0) is 0 Å². The third-order valence-electron chi connectivity index (χ3n) is 2.04. The van der Waals surface area contributed by atoms with Gasteiger partial charge >= 0.3 is 0 Å². The van der Waals surface area contributed by atoms with Crippen LogP contribution in [0.3, 0.4) is 0 Å². The molecule has 1 aromatic heterocycles. The van der Waals surface area contributed by atoms with Crippen LogP contribution in [-0.4, -0.2) is 24.5 Å². The molecule has 72 valence electrons. The molecule has 0 aromatic carbocycles. The molecule has 0 unspecified atom stereocenters. The van der Waals surface area contributed by atoms with Crippen molar-refractivity contribution in [3.8, 4) is 5.06 Å². The smallest absolute Gasteiger partial charge is 0.174 e. The molecule has 0 radical (unpaired) electrons. The second-order valence-corrected chi connectivity index (χ2v) is 5.45. The Hall–Kier alpha value is -0.190. The highest BCUT2D eigenvalue weighted by atomic mass is 32.2. The maximum absolute atomic E-state index is 5.15. The van der Waals surface area contributed by atoms with Crippen LogP contribution in [0.2, 0.25) is 0 Å². The zero-order chi connectivity index (χ0) is 9.10. The van der Waals surface area contributed by atoms with Gasteiger partial charge in [-0.05, 0) is 36.9 Å². The van der Waals surface area contributed by atoms with Gasteiger partial charge in [-0.2, -0.15) is 0 Å². The number of hydrogen-bond donors (Lipinski definition) is 0. The molecule has 1 aliphatic heterocycles. The maximum atomic E-state index is 5.15. The van der Waals surface area contributed by atoms with Gasteiger partial charge in [-0.3, -0.25) is 0 Å². The first kappa shape index (κ1) is 9.37. The third-order valence-corrected chi connectivity index (χ3v) is 4.30. The van der Waals surface area contributed by atoms with Crippen LogP contribution in [0.25, 0.3) is 0 Å². The Bertz CT molecular complexity index is 268. The van der Waals surface area contributed by atoms with Gasteiger partial charge in [0.15, 0.2) is 5.06 Å². The van der Waals surface area contributed by atoms with E-state index >= 15 is 0 Å². The molecule has 1 aromatic rings. The van der Waals surface area contributed by atoms with Crippen molar-refractivity contribution in [1.82, 2.24) is 4.31 Å². The molecule has 0 bridgehead atoms. The molecule has 0 spiro atoms. The fourth-order valence-electron chi connectivity index (χ4n) is 1.37. The summed E-state index contributed by atoms with van der Waals surface area (Å²) < 4.78 is 8.90. The first-order valence-corrected chi connectivity index (χ1v) is 6.04. The quantitative estimate of drug-likeness (QED) is 0.719. The Morgan fingerprint density at radius 2 is 2.15 bits per heavy atom. The van der Waals surface area contributed by atoms with Crippen LogP contribution in [0.5, 0.6) is 5.06 Å². The Balaban J connectivity index is 1.92. The minimum Gasteiger partial charge on any atom is -0.487 e. The summed E-state index contributed by atoms with van der Waals surface area (Å²) in [6.45, 7) is 2.45. The SMILES string of the molecule is COc1ccc(SN2CCCC2)s1. The first-order chi connectivity index (χ1) is 6.38. The van der Waals surface area contributed by atoms with Crippen LogP contribution in [0.4, 0.5) is 0 Å². The van der Waals surface area contributed by atoms with Crippen molar-refractivity contribution in [3.05, 3.63) is 12.1 Å². The van der Waals surface area contributed by atoms with Crippen molar-refractivity contribution >= 4 is 23.3 Å². The summed E-state index contributed by atoms with van der Waals surface area (Å²) in [5, 5.41) is 1.00. The lowest BCUT2D eigenvalue weighted by Crippen LogP contribution is -2.07. The van der Waals surface area contributed by atoms with E-state index in [0.29, 0.717) is 0 Å². The molecule has 1 fully saturated rings. The molecule has 2 nitrogen and oxygen atoms in total. The summed E-state index contributed by atoms with van der Waals surface area (Å²) in [6.07, 6.45) is 2.69. The van der Waals surface area contributed by atoms with E-state index in [1.54, 1.807) is 18.4 Å². The molecule has 0 saturated carbocycles. The van der Waals surface area contributed by atoms with Crippen molar-refractivity contribution in [2.75, 3.05) is 20.2 Å². The predicted octanol–water partition coefficient (Wildman–Crippen LogP) is 2.86. The molecule has 0 aliphatic carbocycles. The molecular formula is C9H13NOS2. The van der Waals surface area contributed by atoms with Crippen LogP contribution < -0.4 is 4.74 Å². The largest absolute Gasteiger partial charge is 0.487 e. The zero-order valence-electron chi connectivity index (χ0n) is 7.66. The van der Waals surface area contributed by atoms with Crippen LogP contribution in [0, 0.1) is 0 Å². The molecule has 4 heteroatoms. The summed E-state index contributed by atoms with van der Waals surface area (Å²) in [5.41, 5.74) is 0. The van der Waals surface area contributed by atoms with Crippen molar-refractivity contribution < 1.29 is 4.74 Å². The second kappa shape index (κ2) is 4.35. The number of hydrogen-bond acceptors (Lipinski definition) is 4. The van der Waals surface area contributed by atoms with Gasteiger partial charge < -0.3 is 4.74 Å². The van der Waals surface area contributed by atoms with Gasteiger partial charge in [-0.15, -0.1) is 0 Å². The van der Waals surface area contributed by atoms with Crippen molar-refractivity contribution in [3.63, 3.8) is 0 Å². The topological polar surface area (TPSA) is 12.5 Å². The van der Waals surface area contributed by atoms with Gasteiger partial charge in [0.05, 0.1) is 11.3 Å². The monoisotopic (exact) mass is 215 g/mol. The summed E-state index contributed by atoms with van der Waals surface area (Å²) in [5.74, 6) is 0. The van der Waals surface area contributed by atoms with E-state index < -0.39 is 0 Å². The van der Waals surface area contributed by atoms with Gasteiger partial charge in [0, 0.05) is 13.1 Å². The molecule has 1 saturated heterocycles. The molecule has 0 amide bonds. The average Bonchev–Trinajstić information content (AvgIpc) is 2.76. The normalized spacial score (nSPS) is 17.9. The number of ether oxygens (including phenoxy) is 1. The Labute approximate surface area is 87.0 Å². The van der Waals surface area contributed by atoms with Crippen LogP contribution >= 0.6 is 23.3 Å². The lowest BCUT2D eigenvalue weighted by atomic mass is 10.4. The van der Waals surface area contributed by atoms with Crippen LogP contribution in [0.1, 0.15) is 12.8 Å². The van der Waals surface area contributed by atoms with Crippen molar-refractivity contribution in [2.45, 2.75) is 17.1 Å². The van der Waals surface area contributed by atoms with E-state index in [4.69, 9.17) is 4.74 Å². The number of thiophene rings is 1. The van der Waals surface area contributed by atoms with Crippen molar-refractivity contribution in [2.24, 2.45) is 0 Å². The van der Waals surface area contributed by atoms with Gasteiger partial charge in [0.2, 0.25) is 0 Å².